The van der Waals surface area contributed by atoms with Gasteiger partial charge in [-0.05, 0) is 43.7 Å². The Hall–Kier alpha value is -2.12. The largest absolute Gasteiger partial charge is 0.507 e. The van der Waals surface area contributed by atoms with Gasteiger partial charge >= 0.3 is 5.97 Å². The van der Waals surface area contributed by atoms with E-state index in [0.29, 0.717) is 30.6 Å². The number of Topliss-reactive ketones (excluding diaryl/α,β-unsaturated/α-hetero) is 1. The van der Waals surface area contributed by atoms with Crippen molar-refractivity contribution in [3.8, 4) is 11.5 Å². The Balaban J connectivity index is 1.69. The second-order valence-electron chi connectivity index (χ2n) is 11.2. The average molecular weight is 445 g/mol. The Morgan fingerprint density at radius 2 is 1.66 bits per heavy atom. The summed E-state index contributed by atoms with van der Waals surface area (Å²) < 4.78 is 11.8. The molecule has 0 unspecified atom stereocenters. The van der Waals surface area contributed by atoms with Crippen LogP contribution in [0.2, 0.25) is 0 Å². The SMILES string of the molecule is C[C@@H]1Cc2c3c(cc(O)c2C(=O)O1)O[C@]1(C)[C@@H](C3)[C@@]2(C)[C@@H](O)CC(=O)C(C)(C)[C@@H]2C[C@@H]1O. The minimum Gasteiger partial charge on any atom is -0.507 e. The summed E-state index contributed by atoms with van der Waals surface area (Å²) in [4.78, 5) is 25.3. The molecule has 0 spiro atoms. The molecule has 2 fully saturated rings. The van der Waals surface area contributed by atoms with Crippen molar-refractivity contribution in [1.82, 2.24) is 0 Å². The van der Waals surface area contributed by atoms with Crippen LogP contribution in [0.3, 0.4) is 0 Å². The first-order valence-electron chi connectivity index (χ1n) is 11.5. The van der Waals surface area contributed by atoms with Crippen LogP contribution >= 0.6 is 0 Å². The monoisotopic (exact) mass is 444 g/mol. The van der Waals surface area contributed by atoms with E-state index in [9.17, 15) is 24.9 Å². The number of esters is 1. The van der Waals surface area contributed by atoms with Crippen LogP contribution in [0.25, 0.3) is 0 Å². The van der Waals surface area contributed by atoms with E-state index in [1.807, 2.05) is 34.6 Å². The molecule has 1 aromatic rings. The summed E-state index contributed by atoms with van der Waals surface area (Å²) in [6.07, 6.45) is -0.683. The lowest BCUT2D eigenvalue weighted by Crippen LogP contribution is -2.71. The molecule has 174 valence electrons. The highest BCUT2D eigenvalue weighted by atomic mass is 16.5. The fourth-order valence-electron chi connectivity index (χ4n) is 7.27. The molecule has 0 radical (unpaired) electrons. The summed E-state index contributed by atoms with van der Waals surface area (Å²) >= 11 is 0. The zero-order chi connectivity index (χ0) is 23.4. The predicted molar refractivity (Wildman–Crippen MR) is 115 cm³/mol. The third-order valence-corrected chi connectivity index (χ3v) is 9.23. The van der Waals surface area contributed by atoms with Gasteiger partial charge in [-0.1, -0.05) is 20.8 Å². The molecule has 7 atom stereocenters. The maximum atomic E-state index is 12.8. The van der Waals surface area contributed by atoms with E-state index < -0.39 is 34.6 Å². The highest BCUT2D eigenvalue weighted by Crippen LogP contribution is 2.64. The van der Waals surface area contributed by atoms with Crippen molar-refractivity contribution in [2.45, 2.75) is 84.2 Å². The van der Waals surface area contributed by atoms with Gasteiger partial charge in [-0.2, -0.15) is 0 Å². The van der Waals surface area contributed by atoms with Gasteiger partial charge in [0.2, 0.25) is 0 Å². The number of hydrogen-bond acceptors (Lipinski definition) is 7. The molecule has 0 bridgehead atoms. The third kappa shape index (κ3) is 2.55. The first kappa shape index (κ1) is 21.7. The normalized spacial score (nSPS) is 42.0. The lowest BCUT2D eigenvalue weighted by Gasteiger charge is -2.65. The van der Waals surface area contributed by atoms with E-state index in [1.165, 1.54) is 6.07 Å². The van der Waals surface area contributed by atoms with Gasteiger partial charge in [-0.3, -0.25) is 4.79 Å². The number of phenols is 1. The molecule has 7 heteroatoms. The number of fused-ring (bicyclic) bond motifs is 6. The lowest BCUT2D eigenvalue weighted by molar-refractivity contribution is -0.239. The number of aliphatic hydroxyl groups excluding tert-OH is 2. The molecular formula is C25H32O7. The Morgan fingerprint density at radius 1 is 0.969 bits per heavy atom. The topological polar surface area (TPSA) is 113 Å². The Bertz CT molecular complexity index is 1030. The van der Waals surface area contributed by atoms with Crippen LogP contribution in [-0.4, -0.2) is 51.0 Å². The van der Waals surface area contributed by atoms with Crippen LogP contribution in [0.5, 0.6) is 11.5 Å². The highest BCUT2D eigenvalue weighted by molar-refractivity contribution is 5.96. The number of aromatic hydroxyl groups is 1. The number of phenolic OH excluding ortho intramolecular Hbond substituents is 1. The number of aliphatic hydroxyl groups is 2. The number of carbonyl (C=O) groups excluding carboxylic acids is 2. The first-order valence-corrected chi connectivity index (χ1v) is 11.5. The Kier molecular flexibility index (Phi) is 4.39. The molecule has 7 nitrogen and oxygen atoms in total. The van der Waals surface area contributed by atoms with Crippen LogP contribution in [0.4, 0.5) is 0 Å². The number of ketones is 1. The maximum Gasteiger partial charge on any atom is 0.342 e. The minimum absolute atomic E-state index is 0.0132. The molecule has 2 aliphatic heterocycles. The zero-order valence-electron chi connectivity index (χ0n) is 19.3. The van der Waals surface area contributed by atoms with Crippen LogP contribution in [0.15, 0.2) is 6.07 Å². The third-order valence-electron chi connectivity index (χ3n) is 9.23. The van der Waals surface area contributed by atoms with Crippen LogP contribution in [0, 0.1) is 22.7 Å². The predicted octanol–water partition coefficient (Wildman–Crippen LogP) is 2.55. The number of ether oxygens (including phenoxy) is 2. The van der Waals surface area contributed by atoms with Gasteiger partial charge in [0.05, 0.1) is 12.2 Å². The van der Waals surface area contributed by atoms with Crippen molar-refractivity contribution in [2.24, 2.45) is 22.7 Å². The van der Waals surface area contributed by atoms with Gasteiger partial charge in [-0.15, -0.1) is 0 Å². The fraction of sp³-hybridized carbons (Fsp3) is 0.680. The molecule has 1 aromatic carbocycles. The van der Waals surface area contributed by atoms with Gasteiger partial charge in [0.15, 0.2) is 0 Å². The van der Waals surface area contributed by atoms with Gasteiger partial charge in [0.25, 0.3) is 0 Å². The molecule has 32 heavy (non-hydrogen) atoms. The Labute approximate surface area is 187 Å². The van der Waals surface area contributed by atoms with Crippen molar-refractivity contribution in [1.29, 1.82) is 0 Å². The molecule has 4 aliphatic rings. The average Bonchev–Trinajstić information content (AvgIpc) is 2.68. The molecule has 2 aliphatic carbocycles. The van der Waals surface area contributed by atoms with Gasteiger partial charge in [0.1, 0.15) is 34.6 Å². The number of rotatable bonds is 0. The summed E-state index contributed by atoms with van der Waals surface area (Å²) in [6.45, 7) is 9.51. The smallest absolute Gasteiger partial charge is 0.342 e. The quantitative estimate of drug-likeness (QED) is 0.527. The summed E-state index contributed by atoms with van der Waals surface area (Å²) in [5.41, 5.74) is -0.645. The number of hydrogen-bond donors (Lipinski definition) is 3. The van der Waals surface area contributed by atoms with E-state index in [0.717, 1.165) is 5.56 Å². The zero-order valence-corrected chi connectivity index (χ0v) is 19.3. The van der Waals surface area contributed by atoms with Gasteiger partial charge in [0, 0.05) is 35.7 Å². The van der Waals surface area contributed by atoms with Crippen molar-refractivity contribution < 1.29 is 34.4 Å². The standard InChI is InChI=1S/C25H32O7/c1-11-6-13-12-7-17-24(4)16(23(2,3)18(27)10-19(24)28)9-20(29)25(17,5)32-15(12)8-14(26)21(13)22(30)31-11/h8,11,16-17,19-20,26,28-29H,6-7,9-10H2,1-5H3/t11-,16+,17+,19+,20+,24+,25-/m1/s1. The molecular weight excluding hydrogens is 412 g/mol. The Morgan fingerprint density at radius 3 is 2.34 bits per heavy atom. The number of cyclic esters (lactones) is 1. The lowest BCUT2D eigenvalue weighted by atomic mass is 9.42. The van der Waals surface area contributed by atoms with Crippen LogP contribution < -0.4 is 4.74 Å². The highest BCUT2D eigenvalue weighted by Gasteiger charge is 2.68. The second kappa shape index (κ2) is 6.48. The fourth-order valence-corrected chi connectivity index (χ4v) is 7.27. The van der Waals surface area contributed by atoms with Crippen LogP contribution in [0.1, 0.15) is 68.9 Å². The molecule has 3 N–H and O–H groups in total. The molecule has 2 heterocycles. The number of benzene rings is 1. The van der Waals surface area contributed by atoms with E-state index in [2.05, 4.69) is 0 Å². The summed E-state index contributed by atoms with van der Waals surface area (Å²) in [6, 6.07) is 1.44. The van der Waals surface area contributed by atoms with E-state index >= 15 is 0 Å². The molecule has 0 saturated heterocycles. The van der Waals surface area contributed by atoms with Crippen LogP contribution in [-0.2, 0) is 22.4 Å². The molecule has 0 amide bonds. The molecule has 2 saturated carbocycles. The summed E-state index contributed by atoms with van der Waals surface area (Å²) in [5, 5.41) is 33.1. The first-order chi connectivity index (χ1) is 14.8. The minimum atomic E-state index is -1.00. The van der Waals surface area contributed by atoms with Crippen molar-refractivity contribution in [3.05, 3.63) is 22.8 Å². The van der Waals surface area contributed by atoms with Crippen molar-refractivity contribution in [3.63, 3.8) is 0 Å². The summed E-state index contributed by atoms with van der Waals surface area (Å²) in [7, 11) is 0. The van der Waals surface area contributed by atoms with Gasteiger partial charge < -0.3 is 24.8 Å². The van der Waals surface area contributed by atoms with Crippen molar-refractivity contribution >= 4 is 11.8 Å². The second-order valence-corrected chi connectivity index (χ2v) is 11.2. The maximum absolute atomic E-state index is 12.8. The molecule has 0 aromatic heterocycles. The van der Waals surface area contributed by atoms with Gasteiger partial charge in [-0.25, -0.2) is 4.79 Å². The van der Waals surface area contributed by atoms with Crippen molar-refractivity contribution in [2.75, 3.05) is 0 Å². The molecule has 5 rings (SSSR count). The summed E-state index contributed by atoms with van der Waals surface area (Å²) in [5.74, 6) is -0.772. The van der Waals surface area contributed by atoms with E-state index in [4.69, 9.17) is 9.47 Å². The van der Waals surface area contributed by atoms with E-state index in [-0.39, 0.29) is 41.5 Å². The number of carbonyl (C=O) groups is 2. The van der Waals surface area contributed by atoms with E-state index in [1.54, 1.807) is 0 Å².